The summed E-state index contributed by atoms with van der Waals surface area (Å²) in [6.45, 7) is 6.94. The molecule has 5 nitrogen and oxygen atoms in total. The molecule has 2 N–H and O–H groups in total. The molecule has 0 fully saturated rings. The Morgan fingerprint density at radius 1 is 1.30 bits per heavy atom. The molecule has 0 saturated carbocycles. The Hall–Kier alpha value is -1.82. The van der Waals surface area contributed by atoms with Gasteiger partial charge in [0.15, 0.2) is 16.6 Å². The van der Waals surface area contributed by atoms with E-state index >= 15 is 0 Å². The molecule has 0 saturated heterocycles. The van der Waals surface area contributed by atoms with Crippen molar-refractivity contribution in [2.24, 2.45) is 5.92 Å². The molecule has 0 spiro atoms. The summed E-state index contributed by atoms with van der Waals surface area (Å²) in [5.74, 6) is 1.23. The Bertz CT molecular complexity index is 533. The summed E-state index contributed by atoms with van der Waals surface area (Å²) in [5.41, 5.74) is 0.992. The van der Waals surface area contributed by atoms with E-state index in [4.69, 9.17) is 21.7 Å². The van der Waals surface area contributed by atoms with Gasteiger partial charge < -0.3 is 20.1 Å². The maximum Gasteiger partial charge on any atom is 0.228 e. The molecule has 0 aliphatic rings. The predicted molar refractivity (Wildman–Crippen MR) is 95.8 cm³/mol. The van der Waals surface area contributed by atoms with Gasteiger partial charge >= 0.3 is 0 Å². The standard InChI is InChI=1S/C17H26N2O3S/c1-5-6-9-22-14-8-7-13(10-15(14)21-4)11-18-17(23)19-16(20)12(2)3/h7-8,10,12H,5-6,9,11H2,1-4H3,(H2,18,19,20,23). The molecular weight excluding hydrogens is 312 g/mol. The quantitative estimate of drug-likeness (QED) is 0.564. The van der Waals surface area contributed by atoms with Gasteiger partial charge in [0.1, 0.15) is 0 Å². The van der Waals surface area contributed by atoms with Gasteiger partial charge in [-0.05, 0) is 36.3 Å². The van der Waals surface area contributed by atoms with E-state index in [2.05, 4.69) is 17.6 Å². The third-order valence-electron chi connectivity index (χ3n) is 3.20. The van der Waals surface area contributed by atoms with Crippen molar-refractivity contribution in [3.8, 4) is 11.5 Å². The van der Waals surface area contributed by atoms with Crippen LogP contribution in [-0.4, -0.2) is 24.7 Å². The Morgan fingerprint density at radius 3 is 2.65 bits per heavy atom. The summed E-state index contributed by atoms with van der Waals surface area (Å²) in [6.07, 6.45) is 2.10. The van der Waals surface area contributed by atoms with Crippen LogP contribution in [0.1, 0.15) is 39.2 Å². The molecule has 1 aromatic rings. The summed E-state index contributed by atoms with van der Waals surface area (Å²) < 4.78 is 11.1. The lowest BCUT2D eigenvalue weighted by atomic mass is 10.2. The highest BCUT2D eigenvalue weighted by atomic mass is 32.1. The molecule has 1 aromatic carbocycles. The maximum atomic E-state index is 11.6. The summed E-state index contributed by atoms with van der Waals surface area (Å²) in [6, 6.07) is 5.74. The molecule has 0 heterocycles. The minimum absolute atomic E-state index is 0.0975. The van der Waals surface area contributed by atoms with Crippen LogP contribution in [0.25, 0.3) is 0 Å². The minimum atomic E-state index is -0.102. The van der Waals surface area contributed by atoms with E-state index in [1.807, 2.05) is 32.0 Å². The zero-order valence-corrected chi connectivity index (χ0v) is 15.1. The van der Waals surface area contributed by atoms with Crippen molar-refractivity contribution in [3.63, 3.8) is 0 Å². The van der Waals surface area contributed by atoms with Crippen molar-refractivity contribution >= 4 is 23.2 Å². The number of methoxy groups -OCH3 is 1. The van der Waals surface area contributed by atoms with Crippen LogP contribution in [0.3, 0.4) is 0 Å². The van der Waals surface area contributed by atoms with E-state index < -0.39 is 0 Å². The van der Waals surface area contributed by atoms with Crippen LogP contribution in [0, 0.1) is 5.92 Å². The first-order valence-electron chi connectivity index (χ1n) is 7.86. The number of rotatable bonds is 8. The molecule has 1 rings (SSSR count). The zero-order valence-electron chi connectivity index (χ0n) is 14.3. The number of hydrogen-bond donors (Lipinski definition) is 2. The Balaban J connectivity index is 2.57. The molecule has 1 amide bonds. The highest BCUT2D eigenvalue weighted by molar-refractivity contribution is 7.80. The van der Waals surface area contributed by atoms with Crippen molar-refractivity contribution in [1.82, 2.24) is 10.6 Å². The van der Waals surface area contributed by atoms with Crippen molar-refractivity contribution in [1.29, 1.82) is 0 Å². The number of hydrogen-bond acceptors (Lipinski definition) is 4. The van der Waals surface area contributed by atoms with Gasteiger partial charge in [-0.25, -0.2) is 0 Å². The van der Waals surface area contributed by atoms with Crippen LogP contribution in [-0.2, 0) is 11.3 Å². The van der Waals surface area contributed by atoms with Crippen LogP contribution in [0.4, 0.5) is 0 Å². The van der Waals surface area contributed by atoms with Crippen LogP contribution in [0.15, 0.2) is 18.2 Å². The van der Waals surface area contributed by atoms with E-state index in [0.29, 0.717) is 24.0 Å². The van der Waals surface area contributed by atoms with Crippen molar-refractivity contribution in [3.05, 3.63) is 23.8 Å². The SMILES string of the molecule is CCCCOc1ccc(CNC(=S)NC(=O)C(C)C)cc1OC. The molecule has 0 unspecified atom stereocenters. The average Bonchev–Trinajstić information content (AvgIpc) is 2.53. The second-order valence-corrected chi connectivity index (χ2v) is 5.92. The molecular formula is C17H26N2O3S. The predicted octanol–water partition coefficient (Wildman–Crippen LogP) is 3.02. The van der Waals surface area contributed by atoms with E-state index in [0.717, 1.165) is 24.2 Å². The van der Waals surface area contributed by atoms with Gasteiger partial charge in [-0.3, -0.25) is 4.79 Å². The fourth-order valence-electron chi connectivity index (χ4n) is 1.75. The van der Waals surface area contributed by atoms with Gasteiger partial charge in [0, 0.05) is 12.5 Å². The lowest BCUT2D eigenvalue weighted by Gasteiger charge is -2.14. The Kier molecular flexibility index (Phi) is 8.40. The number of ether oxygens (including phenoxy) is 2. The molecule has 0 aromatic heterocycles. The normalized spacial score (nSPS) is 10.3. The van der Waals surface area contributed by atoms with Crippen LogP contribution < -0.4 is 20.1 Å². The first-order valence-corrected chi connectivity index (χ1v) is 8.27. The summed E-state index contributed by atoms with van der Waals surface area (Å²) >= 11 is 5.11. The third-order valence-corrected chi connectivity index (χ3v) is 3.44. The lowest BCUT2D eigenvalue weighted by Crippen LogP contribution is -2.40. The van der Waals surface area contributed by atoms with Gasteiger partial charge in [0.05, 0.1) is 13.7 Å². The second kappa shape index (κ2) is 10.0. The summed E-state index contributed by atoms with van der Waals surface area (Å²) in [4.78, 5) is 11.6. The lowest BCUT2D eigenvalue weighted by molar-refractivity contribution is -0.122. The van der Waals surface area contributed by atoms with Gasteiger partial charge in [-0.1, -0.05) is 33.3 Å². The number of carbonyl (C=O) groups excluding carboxylic acids is 1. The first kappa shape index (κ1) is 19.2. The van der Waals surface area contributed by atoms with Gasteiger partial charge in [0.2, 0.25) is 5.91 Å². The number of carbonyl (C=O) groups is 1. The number of benzene rings is 1. The van der Waals surface area contributed by atoms with E-state index in [-0.39, 0.29) is 11.8 Å². The summed E-state index contributed by atoms with van der Waals surface area (Å²) in [7, 11) is 1.62. The smallest absolute Gasteiger partial charge is 0.228 e. The second-order valence-electron chi connectivity index (χ2n) is 5.51. The van der Waals surface area contributed by atoms with E-state index in [1.54, 1.807) is 7.11 Å². The number of thiocarbonyl (C=S) groups is 1. The Labute approximate surface area is 143 Å². The highest BCUT2D eigenvalue weighted by Gasteiger charge is 2.09. The maximum absolute atomic E-state index is 11.6. The van der Waals surface area contributed by atoms with Crippen LogP contribution in [0.5, 0.6) is 11.5 Å². The molecule has 0 atom stereocenters. The molecule has 0 bridgehead atoms. The number of amides is 1. The highest BCUT2D eigenvalue weighted by Crippen LogP contribution is 2.28. The molecule has 128 valence electrons. The minimum Gasteiger partial charge on any atom is -0.493 e. The van der Waals surface area contributed by atoms with Crippen LogP contribution in [0.2, 0.25) is 0 Å². The third kappa shape index (κ3) is 6.86. The van der Waals surface area contributed by atoms with Gasteiger partial charge in [-0.15, -0.1) is 0 Å². The van der Waals surface area contributed by atoms with Crippen molar-refractivity contribution < 1.29 is 14.3 Å². The fourth-order valence-corrected chi connectivity index (χ4v) is 1.92. The summed E-state index contributed by atoms with van der Waals surface area (Å²) in [5, 5.41) is 5.99. The molecule has 6 heteroatoms. The van der Waals surface area contributed by atoms with E-state index in [9.17, 15) is 4.79 Å². The number of nitrogens with one attached hydrogen (secondary N) is 2. The molecule has 0 aliphatic carbocycles. The van der Waals surface area contributed by atoms with Crippen molar-refractivity contribution in [2.45, 2.75) is 40.2 Å². The first-order chi connectivity index (χ1) is 11.0. The largest absolute Gasteiger partial charge is 0.493 e. The molecule has 23 heavy (non-hydrogen) atoms. The molecule has 0 radical (unpaired) electrons. The zero-order chi connectivity index (χ0) is 17.2. The van der Waals surface area contributed by atoms with Crippen molar-refractivity contribution in [2.75, 3.05) is 13.7 Å². The molecule has 0 aliphatic heterocycles. The van der Waals surface area contributed by atoms with Gasteiger partial charge in [0.25, 0.3) is 0 Å². The average molecular weight is 338 g/mol. The topological polar surface area (TPSA) is 59.6 Å². The van der Waals surface area contributed by atoms with Gasteiger partial charge in [-0.2, -0.15) is 0 Å². The Morgan fingerprint density at radius 2 is 2.04 bits per heavy atom. The van der Waals surface area contributed by atoms with Crippen LogP contribution >= 0.6 is 12.2 Å². The number of unbranched alkanes of at least 4 members (excludes halogenated alkanes) is 1. The van der Waals surface area contributed by atoms with E-state index in [1.165, 1.54) is 0 Å². The monoisotopic (exact) mass is 338 g/mol. The fraction of sp³-hybridized carbons (Fsp3) is 0.529.